The van der Waals surface area contributed by atoms with Gasteiger partial charge in [0.2, 0.25) is 0 Å². The second-order valence-corrected chi connectivity index (χ2v) is 5.69. The van der Waals surface area contributed by atoms with E-state index >= 15 is 0 Å². The van der Waals surface area contributed by atoms with E-state index in [9.17, 15) is 0 Å². The third-order valence-electron chi connectivity index (χ3n) is 4.24. The van der Waals surface area contributed by atoms with E-state index in [-0.39, 0.29) is 15.7 Å². The Bertz CT molecular complexity index is 340. The number of nitrogens with zero attached hydrogens (tertiary/aromatic N) is 1. The zero-order valence-corrected chi connectivity index (χ0v) is 9.89. The molecule has 0 unspecified atom stereocenters. The van der Waals surface area contributed by atoms with E-state index in [1.54, 1.807) is 0 Å². The van der Waals surface area contributed by atoms with Gasteiger partial charge in [-0.1, -0.05) is 33.8 Å². The largest absolute Gasteiger partial charge is 0.259 e. The summed E-state index contributed by atoms with van der Waals surface area (Å²) in [7, 11) is 0. The van der Waals surface area contributed by atoms with Crippen LogP contribution < -0.4 is 0 Å². The van der Waals surface area contributed by atoms with Crippen LogP contribution in [0.5, 0.6) is 0 Å². The van der Waals surface area contributed by atoms with Gasteiger partial charge in [0.25, 0.3) is 0 Å². The van der Waals surface area contributed by atoms with Gasteiger partial charge in [-0.25, -0.2) is 0 Å². The molecule has 1 heterocycles. The number of hydrogen-bond donors (Lipinski definition) is 0. The van der Waals surface area contributed by atoms with Crippen LogP contribution in [0.25, 0.3) is 0 Å². The molecule has 0 N–H and O–H groups in total. The number of rotatable bonds is 1. The maximum atomic E-state index is 6.69. The Morgan fingerprint density at radius 2 is 1.64 bits per heavy atom. The van der Waals surface area contributed by atoms with E-state index in [1.165, 1.54) is 0 Å². The summed E-state index contributed by atoms with van der Waals surface area (Å²) < 4.78 is 0. The Labute approximate surface area is 90.5 Å². The van der Waals surface area contributed by atoms with Crippen LogP contribution in [0, 0.1) is 10.8 Å². The summed E-state index contributed by atoms with van der Waals surface area (Å²) in [4.78, 5) is 4.07. The quantitative estimate of drug-likeness (QED) is 0.645. The van der Waals surface area contributed by atoms with Crippen molar-refractivity contribution in [3.63, 3.8) is 0 Å². The molecule has 1 aromatic heterocycles. The topological polar surface area (TPSA) is 12.9 Å². The SMILES string of the molecule is CC1(C)C(C)(C)C1(Cl)c1ccccn1. The lowest BCUT2D eigenvalue weighted by Crippen LogP contribution is -2.09. The summed E-state index contributed by atoms with van der Waals surface area (Å²) in [6, 6.07) is 5.94. The number of halogens is 1. The molecule has 0 atom stereocenters. The van der Waals surface area contributed by atoms with Crippen molar-refractivity contribution < 1.29 is 0 Å². The monoisotopic (exact) mass is 209 g/mol. The molecule has 1 aliphatic rings. The fourth-order valence-corrected chi connectivity index (χ4v) is 2.99. The first-order chi connectivity index (χ1) is 6.36. The maximum Gasteiger partial charge on any atom is 0.0978 e. The van der Waals surface area contributed by atoms with Crippen LogP contribution in [0.3, 0.4) is 0 Å². The minimum absolute atomic E-state index is 0.107. The standard InChI is InChI=1S/C12H16ClN/c1-10(2)11(3,4)12(10,13)9-7-5-6-8-14-9/h5-8H,1-4H3. The molecular formula is C12H16ClN. The van der Waals surface area contributed by atoms with Crippen molar-refractivity contribution in [3.8, 4) is 0 Å². The van der Waals surface area contributed by atoms with Crippen molar-refractivity contribution in [1.82, 2.24) is 4.98 Å². The molecule has 0 radical (unpaired) electrons. The minimum atomic E-state index is -0.304. The zero-order chi connectivity index (χ0) is 10.6. The molecule has 76 valence electrons. The molecule has 0 aliphatic heterocycles. The smallest absolute Gasteiger partial charge is 0.0978 e. The van der Waals surface area contributed by atoms with Crippen molar-refractivity contribution in [2.75, 3.05) is 0 Å². The zero-order valence-electron chi connectivity index (χ0n) is 9.13. The lowest BCUT2D eigenvalue weighted by molar-refractivity contribution is 0.457. The van der Waals surface area contributed by atoms with Crippen LogP contribution in [-0.4, -0.2) is 4.98 Å². The molecule has 1 saturated carbocycles. The molecule has 0 spiro atoms. The van der Waals surface area contributed by atoms with Crippen LogP contribution in [0.2, 0.25) is 0 Å². The minimum Gasteiger partial charge on any atom is -0.259 e. The predicted molar refractivity (Wildman–Crippen MR) is 59.3 cm³/mol. The predicted octanol–water partition coefficient (Wildman–Crippen LogP) is 3.58. The van der Waals surface area contributed by atoms with Crippen molar-refractivity contribution in [3.05, 3.63) is 30.1 Å². The van der Waals surface area contributed by atoms with Crippen LogP contribution in [0.1, 0.15) is 33.4 Å². The van der Waals surface area contributed by atoms with Gasteiger partial charge in [-0.3, -0.25) is 4.98 Å². The second kappa shape index (κ2) is 2.52. The van der Waals surface area contributed by atoms with Gasteiger partial charge < -0.3 is 0 Å². The summed E-state index contributed by atoms with van der Waals surface area (Å²) in [6.07, 6.45) is 1.81. The van der Waals surface area contributed by atoms with Crippen LogP contribution in [0.15, 0.2) is 24.4 Å². The molecule has 0 amide bonds. The molecule has 1 nitrogen and oxygen atoms in total. The van der Waals surface area contributed by atoms with E-state index in [0.717, 1.165) is 5.69 Å². The Morgan fingerprint density at radius 3 is 2.00 bits per heavy atom. The van der Waals surface area contributed by atoms with Gasteiger partial charge in [-0.05, 0) is 23.0 Å². The first-order valence-electron chi connectivity index (χ1n) is 4.96. The van der Waals surface area contributed by atoms with Gasteiger partial charge in [-0.15, -0.1) is 11.6 Å². The van der Waals surface area contributed by atoms with E-state index in [2.05, 4.69) is 32.7 Å². The van der Waals surface area contributed by atoms with E-state index in [4.69, 9.17) is 11.6 Å². The highest BCUT2D eigenvalue weighted by atomic mass is 35.5. The highest BCUT2D eigenvalue weighted by molar-refractivity contribution is 6.27. The Morgan fingerprint density at radius 1 is 1.07 bits per heavy atom. The third kappa shape index (κ3) is 0.844. The van der Waals surface area contributed by atoms with Gasteiger partial charge in [0.15, 0.2) is 0 Å². The molecule has 0 bridgehead atoms. The summed E-state index contributed by atoms with van der Waals surface area (Å²) in [5.74, 6) is 0. The Balaban J connectivity index is 2.48. The van der Waals surface area contributed by atoms with Gasteiger partial charge in [-0.2, -0.15) is 0 Å². The number of aromatic nitrogens is 1. The highest BCUT2D eigenvalue weighted by Gasteiger charge is 2.78. The molecule has 1 fully saturated rings. The summed E-state index contributed by atoms with van der Waals surface area (Å²) in [6.45, 7) is 8.81. The lowest BCUT2D eigenvalue weighted by atomic mass is 10.0. The molecule has 2 heteroatoms. The van der Waals surface area contributed by atoms with E-state index in [0.29, 0.717) is 0 Å². The number of pyridine rings is 1. The first kappa shape index (κ1) is 9.97. The number of alkyl halides is 1. The highest BCUT2D eigenvalue weighted by Crippen LogP contribution is 2.79. The van der Waals surface area contributed by atoms with Crippen LogP contribution in [-0.2, 0) is 4.87 Å². The molecule has 0 saturated heterocycles. The second-order valence-electron chi connectivity index (χ2n) is 5.12. The van der Waals surface area contributed by atoms with Gasteiger partial charge in [0, 0.05) is 6.20 Å². The lowest BCUT2D eigenvalue weighted by Gasteiger charge is -2.11. The third-order valence-corrected chi connectivity index (χ3v) is 5.38. The summed E-state index contributed by atoms with van der Waals surface area (Å²) >= 11 is 6.69. The van der Waals surface area contributed by atoms with Gasteiger partial charge in [0.1, 0.15) is 0 Å². The fraction of sp³-hybridized carbons (Fsp3) is 0.583. The Hall–Kier alpha value is -0.560. The van der Waals surface area contributed by atoms with Gasteiger partial charge >= 0.3 is 0 Å². The molecular weight excluding hydrogens is 194 g/mol. The molecule has 0 aromatic carbocycles. The molecule has 1 aliphatic carbocycles. The maximum absolute atomic E-state index is 6.69. The average molecular weight is 210 g/mol. The molecule has 2 rings (SSSR count). The van der Waals surface area contributed by atoms with Crippen LogP contribution in [0.4, 0.5) is 0 Å². The van der Waals surface area contributed by atoms with Gasteiger partial charge in [0.05, 0.1) is 10.6 Å². The van der Waals surface area contributed by atoms with Crippen LogP contribution >= 0.6 is 11.6 Å². The van der Waals surface area contributed by atoms with Crippen molar-refractivity contribution in [1.29, 1.82) is 0 Å². The fourth-order valence-electron chi connectivity index (χ4n) is 2.45. The normalized spacial score (nSPS) is 25.8. The van der Waals surface area contributed by atoms with Crippen molar-refractivity contribution >= 4 is 11.6 Å². The Kier molecular flexibility index (Phi) is 1.79. The summed E-state index contributed by atoms with van der Waals surface area (Å²) in [5.41, 5.74) is 1.21. The van der Waals surface area contributed by atoms with E-state index < -0.39 is 0 Å². The summed E-state index contributed by atoms with van der Waals surface area (Å²) in [5, 5.41) is 0. The van der Waals surface area contributed by atoms with Crippen molar-refractivity contribution in [2.24, 2.45) is 10.8 Å². The first-order valence-corrected chi connectivity index (χ1v) is 5.34. The van der Waals surface area contributed by atoms with E-state index in [1.807, 2.05) is 24.4 Å². The molecule has 14 heavy (non-hydrogen) atoms. The number of hydrogen-bond acceptors (Lipinski definition) is 1. The van der Waals surface area contributed by atoms with Crippen molar-refractivity contribution in [2.45, 2.75) is 32.6 Å². The average Bonchev–Trinajstić information content (AvgIpc) is 2.47. The molecule has 1 aromatic rings.